The molecular formula is C16H21N3O2. The Labute approximate surface area is 125 Å². The zero-order valence-corrected chi connectivity index (χ0v) is 13.0. The number of aromatic nitrogens is 2. The van der Waals surface area contributed by atoms with Crippen molar-refractivity contribution in [2.45, 2.75) is 39.7 Å². The van der Waals surface area contributed by atoms with Crippen LogP contribution < -0.4 is 0 Å². The van der Waals surface area contributed by atoms with Gasteiger partial charge in [0.05, 0.1) is 17.4 Å². The number of aryl methyl sites for hydroxylation is 2. The highest BCUT2D eigenvalue weighted by Gasteiger charge is 2.19. The summed E-state index contributed by atoms with van der Waals surface area (Å²) in [5, 5.41) is 3.91. The molecule has 0 aliphatic rings. The van der Waals surface area contributed by atoms with Crippen molar-refractivity contribution >= 4 is 5.91 Å². The molecule has 0 radical (unpaired) electrons. The number of pyridine rings is 1. The Hall–Kier alpha value is -2.17. The fourth-order valence-corrected chi connectivity index (χ4v) is 2.30. The van der Waals surface area contributed by atoms with Crippen LogP contribution in [0.15, 0.2) is 28.9 Å². The number of rotatable bonds is 5. The maximum atomic E-state index is 12.3. The molecule has 21 heavy (non-hydrogen) atoms. The van der Waals surface area contributed by atoms with Crippen LogP contribution in [0.2, 0.25) is 0 Å². The number of hydrogen-bond donors (Lipinski definition) is 0. The van der Waals surface area contributed by atoms with E-state index in [0.29, 0.717) is 12.8 Å². The average Bonchev–Trinajstić information content (AvgIpc) is 2.83. The van der Waals surface area contributed by atoms with E-state index in [1.54, 1.807) is 11.1 Å². The normalized spacial score (nSPS) is 12.2. The Balaban J connectivity index is 1.97. The Kier molecular flexibility index (Phi) is 4.73. The number of carbonyl (C=O) groups is 1. The van der Waals surface area contributed by atoms with Gasteiger partial charge in [0, 0.05) is 25.2 Å². The van der Waals surface area contributed by atoms with Crippen molar-refractivity contribution in [1.29, 1.82) is 0 Å². The second-order valence-electron chi connectivity index (χ2n) is 5.24. The molecule has 0 aromatic carbocycles. The lowest BCUT2D eigenvalue weighted by Crippen LogP contribution is -2.30. The van der Waals surface area contributed by atoms with E-state index in [4.69, 9.17) is 4.52 Å². The molecule has 1 amide bonds. The van der Waals surface area contributed by atoms with Gasteiger partial charge in [-0.1, -0.05) is 11.2 Å². The predicted octanol–water partition coefficient (Wildman–Crippen LogP) is 2.84. The number of amides is 1. The van der Waals surface area contributed by atoms with Crippen molar-refractivity contribution < 1.29 is 9.32 Å². The lowest BCUT2D eigenvalue weighted by molar-refractivity contribution is -0.131. The van der Waals surface area contributed by atoms with E-state index in [1.165, 1.54) is 0 Å². The Morgan fingerprint density at radius 3 is 2.71 bits per heavy atom. The fourth-order valence-electron chi connectivity index (χ4n) is 2.30. The van der Waals surface area contributed by atoms with Crippen LogP contribution in [0.5, 0.6) is 0 Å². The van der Waals surface area contributed by atoms with Crippen molar-refractivity contribution in [2.75, 3.05) is 7.05 Å². The Morgan fingerprint density at radius 2 is 2.14 bits per heavy atom. The summed E-state index contributed by atoms with van der Waals surface area (Å²) in [6.45, 7) is 5.76. The predicted molar refractivity (Wildman–Crippen MR) is 79.7 cm³/mol. The molecule has 0 aliphatic heterocycles. The maximum absolute atomic E-state index is 12.3. The summed E-state index contributed by atoms with van der Waals surface area (Å²) in [5.41, 5.74) is 2.79. The highest BCUT2D eigenvalue weighted by molar-refractivity contribution is 5.76. The van der Waals surface area contributed by atoms with Crippen molar-refractivity contribution in [1.82, 2.24) is 15.0 Å². The molecule has 2 aromatic rings. The summed E-state index contributed by atoms with van der Waals surface area (Å²) in [6, 6.07) is 5.70. The van der Waals surface area contributed by atoms with Crippen LogP contribution in [-0.4, -0.2) is 28.0 Å². The van der Waals surface area contributed by atoms with Crippen LogP contribution in [0, 0.1) is 13.8 Å². The van der Waals surface area contributed by atoms with E-state index in [1.807, 2.05) is 46.0 Å². The first-order valence-electron chi connectivity index (χ1n) is 7.09. The van der Waals surface area contributed by atoms with Crippen molar-refractivity contribution in [3.05, 3.63) is 47.1 Å². The average molecular weight is 287 g/mol. The highest BCUT2D eigenvalue weighted by Crippen LogP contribution is 2.19. The standard InChI is InChI=1S/C16H21N3O2/c1-11-14(13(3)21-18-11)8-9-16(20)19(4)12(2)15-7-5-6-10-17-15/h5-7,10,12H,8-9H2,1-4H3/t12-/m1/s1. The highest BCUT2D eigenvalue weighted by atomic mass is 16.5. The lowest BCUT2D eigenvalue weighted by atomic mass is 10.1. The SMILES string of the molecule is Cc1noc(C)c1CCC(=O)N(C)[C@H](C)c1ccccn1. The van der Waals surface area contributed by atoms with E-state index in [0.717, 1.165) is 22.7 Å². The second kappa shape index (κ2) is 6.52. The third kappa shape index (κ3) is 3.48. The first kappa shape index (κ1) is 15.2. The van der Waals surface area contributed by atoms with Gasteiger partial charge in [-0.2, -0.15) is 0 Å². The van der Waals surface area contributed by atoms with Gasteiger partial charge in [-0.25, -0.2) is 0 Å². The topological polar surface area (TPSA) is 59.2 Å². The van der Waals surface area contributed by atoms with E-state index in [-0.39, 0.29) is 11.9 Å². The van der Waals surface area contributed by atoms with Crippen LogP contribution >= 0.6 is 0 Å². The molecule has 1 atom stereocenters. The summed E-state index contributed by atoms with van der Waals surface area (Å²) in [6.07, 6.45) is 2.84. The summed E-state index contributed by atoms with van der Waals surface area (Å²) in [7, 11) is 1.81. The summed E-state index contributed by atoms with van der Waals surface area (Å²) in [4.78, 5) is 18.4. The minimum absolute atomic E-state index is 0.0385. The van der Waals surface area contributed by atoms with E-state index in [9.17, 15) is 4.79 Å². The molecule has 112 valence electrons. The van der Waals surface area contributed by atoms with Gasteiger partial charge in [0.25, 0.3) is 0 Å². The third-order valence-corrected chi connectivity index (χ3v) is 3.86. The molecule has 0 fully saturated rings. The number of hydrogen-bond acceptors (Lipinski definition) is 4. The molecule has 2 heterocycles. The molecule has 0 saturated heterocycles. The maximum Gasteiger partial charge on any atom is 0.223 e. The zero-order chi connectivity index (χ0) is 15.4. The number of carbonyl (C=O) groups excluding carboxylic acids is 1. The Bertz CT molecular complexity index is 588. The first-order chi connectivity index (χ1) is 10.0. The van der Waals surface area contributed by atoms with Gasteiger partial charge in [-0.05, 0) is 39.3 Å². The molecule has 0 bridgehead atoms. The lowest BCUT2D eigenvalue weighted by Gasteiger charge is -2.24. The monoisotopic (exact) mass is 287 g/mol. The van der Waals surface area contributed by atoms with E-state index in [2.05, 4.69) is 10.1 Å². The first-order valence-corrected chi connectivity index (χ1v) is 7.09. The molecule has 0 aliphatic carbocycles. The number of nitrogens with zero attached hydrogens (tertiary/aromatic N) is 3. The fraction of sp³-hybridized carbons (Fsp3) is 0.438. The van der Waals surface area contributed by atoms with Gasteiger partial charge in [0.2, 0.25) is 5.91 Å². The van der Waals surface area contributed by atoms with Gasteiger partial charge in [-0.3, -0.25) is 9.78 Å². The van der Waals surface area contributed by atoms with Gasteiger partial charge >= 0.3 is 0 Å². The molecule has 0 N–H and O–H groups in total. The van der Waals surface area contributed by atoms with E-state index < -0.39 is 0 Å². The van der Waals surface area contributed by atoms with Crippen LogP contribution in [0.3, 0.4) is 0 Å². The van der Waals surface area contributed by atoms with Crippen molar-refractivity contribution in [2.24, 2.45) is 0 Å². The van der Waals surface area contributed by atoms with Crippen LogP contribution in [0.4, 0.5) is 0 Å². The quantitative estimate of drug-likeness (QED) is 0.848. The molecule has 0 unspecified atom stereocenters. The molecule has 2 rings (SSSR count). The second-order valence-corrected chi connectivity index (χ2v) is 5.24. The van der Waals surface area contributed by atoms with Crippen LogP contribution in [0.25, 0.3) is 0 Å². The molecule has 5 nitrogen and oxygen atoms in total. The smallest absolute Gasteiger partial charge is 0.223 e. The minimum Gasteiger partial charge on any atom is -0.361 e. The van der Waals surface area contributed by atoms with Crippen molar-refractivity contribution in [3.63, 3.8) is 0 Å². The summed E-state index contributed by atoms with van der Waals surface area (Å²) >= 11 is 0. The molecule has 0 spiro atoms. The third-order valence-electron chi connectivity index (χ3n) is 3.86. The van der Waals surface area contributed by atoms with Gasteiger partial charge < -0.3 is 9.42 Å². The van der Waals surface area contributed by atoms with E-state index >= 15 is 0 Å². The minimum atomic E-state index is -0.0385. The summed E-state index contributed by atoms with van der Waals surface area (Å²) < 4.78 is 5.12. The largest absolute Gasteiger partial charge is 0.361 e. The van der Waals surface area contributed by atoms with Gasteiger partial charge in [-0.15, -0.1) is 0 Å². The molecular weight excluding hydrogens is 266 g/mol. The van der Waals surface area contributed by atoms with Crippen molar-refractivity contribution in [3.8, 4) is 0 Å². The summed E-state index contributed by atoms with van der Waals surface area (Å²) in [5.74, 6) is 0.883. The zero-order valence-electron chi connectivity index (χ0n) is 13.0. The van der Waals surface area contributed by atoms with Crippen LogP contribution in [0.1, 0.15) is 42.1 Å². The molecule has 5 heteroatoms. The van der Waals surface area contributed by atoms with Crippen LogP contribution in [-0.2, 0) is 11.2 Å². The van der Waals surface area contributed by atoms with Gasteiger partial charge in [0.15, 0.2) is 0 Å². The molecule has 0 saturated carbocycles. The Morgan fingerprint density at radius 1 is 1.38 bits per heavy atom. The molecule has 2 aromatic heterocycles. The van der Waals surface area contributed by atoms with Gasteiger partial charge in [0.1, 0.15) is 5.76 Å².